The van der Waals surface area contributed by atoms with Gasteiger partial charge in [0.2, 0.25) is 0 Å². The average molecular weight is 456 g/mol. The number of nitrogens with zero attached hydrogens (tertiary/aromatic N) is 1. The lowest BCUT2D eigenvalue weighted by atomic mass is 10.1. The quantitative estimate of drug-likeness (QED) is 0.107. The van der Waals surface area contributed by atoms with Crippen LogP contribution in [0.5, 0.6) is 0 Å². The summed E-state index contributed by atoms with van der Waals surface area (Å²) in [5, 5.41) is 9.15. The van der Waals surface area contributed by atoms with Crippen molar-refractivity contribution >= 4 is 5.97 Å². The highest BCUT2D eigenvalue weighted by molar-refractivity contribution is 5.69. The van der Waals surface area contributed by atoms with Crippen molar-refractivity contribution in [3.05, 3.63) is 0 Å². The van der Waals surface area contributed by atoms with E-state index in [2.05, 4.69) is 18.7 Å². The van der Waals surface area contributed by atoms with Gasteiger partial charge in [-0.15, -0.1) is 0 Å². The fourth-order valence-corrected chi connectivity index (χ4v) is 4.20. The Morgan fingerprint density at radius 1 is 0.594 bits per heavy atom. The van der Waals surface area contributed by atoms with Gasteiger partial charge in [-0.2, -0.15) is 0 Å². The van der Waals surface area contributed by atoms with Gasteiger partial charge >= 0.3 is 5.97 Å². The second-order valence-electron chi connectivity index (χ2n) is 9.55. The van der Waals surface area contributed by atoms with E-state index in [-0.39, 0.29) is 12.6 Å². The monoisotopic (exact) mass is 455 g/mol. The van der Waals surface area contributed by atoms with E-state index in [1.54, 1.807) is 0 Å². The molecule has 32 heavy (non-hydrogen) atoms. The molecule has 0 unspecified atom stereocenters. The molecule has 0 aliphatic carbocycles. The van der Waals surface area contributed by atoms with Crippen molar-refractivity contribution in [1.82, 2.24) is 4.90 Å². The molecule has 0 saturated heterocycles. The number of carbonyl (C=O) groups is 1. The number of carbonyl (C=O) groups excluding carboxylic acids is 1. The summed E-state index contributed by atoms with van der Waals surface area (Å²) in [7, 11) is 0. The number of rotatable bonds is 26. The molecule has 0 aromatic rings. The number of aliphatic hydroxyl groups excluding tert-OH is 1. The third kappa shape index (κ3) is 24.0. The van der Waals surface area contributed by atoms with E-state index in [1.807, 2.05) is 0 Å². The maximum Gasteiger partial charge on any atom is 0.305 e. The predicted molar refractivity (Wildman–Crippen MR) is 138 cm³/mol. The van der Waals surface area contributed by atoms with E-state index in [0.717, 1.165) is 51.7 Å². The van der Waals surface area contributed by atoms with Crippen LogP contribution in [0.25, 0.3) is 0 Å². The summed E-state index contributed by atoms with van der Waals surface area (Å²) in [5.74, 6) is -0.0196. The molecule has 0 radical (unpaired) electrons. The molecule has 1 N–H and O–H groups in total. The van der Waals surface area contributed by atoms with Gasteiger partial charge in [0.15, 0.2) is 0 Å². The van der Waals surface area contributed by atoms with E-state index in [1.165, 1.54) is 89.9 Å². The van der Waals surface area contributed by atoms with Gasteiger partial charge in [0.05, 0.1) is 6.61 Å². The van der Waals surface area contributed by atoms with Crippen molar-refractivity contribution in [3.63, 3.8) is 0 Å². The SMILES string of the molecule is CCCCCCCCCCCOC(=O)CCCCCN(CCCO)CCCCCCCC. The summed E-state index contributed by atoms with van der Waals surface area (Å²) in [6.45, 7) is 8.61. The van der Waals surface area contributed by atoms with E-state index in [9.17, 15) is 4.79 Å². The molecular weight excluding hydrogens is 398 g/mol. The first kappa shape index (κ1) is 31.4. The molecule has 0 aromatic heterocycles. The summed E-state index contributed by atoms with van der Waals surface area (Å²) in [5.41, 5.74) is 0. The number of unbranched alkanes of at least 4 members (excludes halogenated alkanes) is 15. The number of hydrogen-bond acceptors (Lipinski definition) is 4. The number of aliphatic hydroxyl groups is 1. The molecule has 0 bridgehead atoms. The van der Waals surface area contributed by atoms with Crippen LogP contribution < -0.4 is 0 Å². The molecule has 0 aromatic carbocycles. The molecule has 0 saturated carbocycles. The second kappa shape index (κ2) is 26.6. The van der Waals surface area contributed by atoms with Gasteiger partial charge in [0, 0.05) is 19.6 Å². The van der Waals surface area contributed by atoms with Crippen molar-refractivity contribution in [1.29, 1.82) is 0 Å². The largest absolute Gasteiger partial charge is 0.466 e. The summed E-state index contributed by atoms with van der Waals surface area (Å²) >= 11 is 0. The lowest BCUT2D eigenvalue weighted by Gasteiger charge is -2.22. The molecule has 0 spiro atoms. The van der Waals surface area contributed by atoms with Crippen molar-refractivity contribution < 1.29 is 14.6 Å². The topological polar surface area (TPSA) is 49.8 Å². The zero-order valence-corrected chi connectivity index (χ0v) is 21.9. The Hall–Kier alpha value is -0.610. The van der Waals surface area contributed by atoms with Crippen molar-refractivity contribution in [2.45, 2.75) is 142 Å². The Balaban J connectivity index is 3.57. The first-order valence-electron chi connectivity index (χ1n) is 14.2. The van der Waals surface area contributed by atoms with E-state index in [0.29, 0.717) is 13.0 Å². The number of ether oxygens (including phenoxy) is 1. The minimum absolute atomic E-state index is 0.0196. The van der Waals surface area contributed by atoms with Gasteiger partial charge < -0.3 is 14.7 Å². The molecule has 4 nitrogen and oxygen atoms in total. The molecule has 0 aliphatic rings. The standard InChI is InChI=1S/C28H57NO3/c1-3-5-7-9-11-12-13-15-20-27-32-28(31)22-17-16-19-24-29(25-21-26-30)23-18-14-10-8-6-4-2/h30H,3-27H2,1-2H3. The molecule has 0 fully saturated rings. The number of esters is 1. The molecule has 0 aliphatic heterocycles. The van der Waals surface area contributed by atoms with Crippen LogP contribution in [-0.2, 0) is 9.53 Å². The van der Waals surface area contributed by atoms with Crippen molar-refractivity contribution in [2.75, 3.05) is 32.8 Å². The maximum atomic E-state index is 11.9. The Morgan fingerprint density at radius 2 is 1.03 bits per heavy atom. The van der Waals surface area contributed by atoms with Crippen LogP contribution >= 0.6 is 0 Å². The minimum atomic E-state index is -0.0196. The molecule has 0 atom stereocenters. The van der Waals surface area contributed by atoms with Gasteiger partial charge in [-0.3, -0.25) is 4.79 Å². The average Bonchev–Trinajstić information content (AvgIpc) is 2.80. The smallest absolute Gasteiger partial charge is 0.305 e. The van der Waals surface area contributed by atoms with Crippen molar-refractivity contribution in [2.24, 2.45) is 0 Å². The highest BCUT2D eigenvalue weighted by atomic mass is 16.5. The van der Waals surface area contributed by atoms with Crippen LogP contribution in [0.3, 0.4) is 0 Å². The first-order chi connectivity index (χ1) is 15.7. The first-order valence-corrected chi connectivity index (χ1v) is 14.2. The lowest BCUT2D eigenvalue weighted by Crippen LogP contribution is -2.28. The molecular formula is C28H57NO3. The van der Waals surface area contributed by atoms with Crippen LogP contribution in [-0.4, -0.2) is 48.8 Å². The molecule has 0 heterocycles. The molecule has 192 valence electrons. The van der Waals surface area contributed by atoms with Crippen LogP contribution in [0.1, 0.15) is 142 Å². The predicted octanol–water partition coefficient (Wildman–Crippen LogP) is 7.67. The lowest BCUT2D eigenvalue weighted by molar-refractivity contribution is -0.143. The van der Waals surface area contributed by atoms with E-state index >= 15 is 0 Å². The molecule has 0 rings (SSSR count). The van der Waals surface area contributed by atoms with Gasteiger partial charge in [-0.1, -0.05) is 104 Å². The van der Waals surface area contributed by atoms with E-state index in [4.69, 9.17) is 9.84 Å². The van der Waals surface area contributed by atoms with Gasteiger partial charge in [-0.25, -0.2) is 0 Å². The summed E-state index contributed by atoms with van der Waals surface area (Å²) in [6.07, 6.45) is 24.1. The fraction of sp³-hybridized carbons (Fsp3) is 0.964. The zero-order valence-electron chi connectivity index (χ0n) is 21.9. The highest BCUT2D eigenvalue weighted by Gasteiger charge is 2.06. The Kier molecular flexibility index (Phi) is 26.1. The van der Waals surface area contributed by atoms with Gasteiger partial charge in [-0.05, 0) is 45.2 Å². The fourth-order valence-electron chi connectivity index (χ4n) is 4.20. The van der Waals surface area contributed by atoms with Crippen LogP contribution in [0, 0.1) is 0 Å². The highest BCUT2D eigenvalue weighted by Crippen LogP contribution is 2.11. The molecule has 4 heteroatoms. The summed E-state index contributed by atoms with van der Waals surface area (Å²) in [6, 6.07) is 0. The second-order valence-corrected chi connectivity index (χ2v) is 9.55. The van der Waals surface area contributed by atoms with E-state index < -0.39 is 0 Å². The minimum Gasteiger partial charge on any atom is -0.466 e. The third-order valence-corrected chi connectivity index (χ3v) is 6.33. The van der Waals surface area contributed by atoms with Crippen molar-refractivity contribution in [3.8, 4) is 0 Å². The normalized spacial score (nSPS) is 11.4. The number of hydrogen-bond donors (Lipinski definition) is 1. The third-order valence-electron chi connectivity index (χ3n) is 6.33. The summed E-state index contributed by atoms with van der Waals surface area (Å²) < 4.78 is 5.40. The summed E-state index contributed by atoms with van der Waals surface area (Å²) in [4.78, 5) is 14.4. The zero-order chi connectivity index (χ0) is 23.5. The van der Waals surface area contributed by atoms with Gasteiger partial charge in [0.1, 0.15) is 0 Å². The van der Waals surface area contributed by atoms with Crippen LogP contribution in [0.4, 0.5) is 0 Å². The Bertz CT molecular complexity index is 376. The van der Waals surface area contributed by atoms with Gasteiger partial charge in [0.25, 0.3) is 0 Å². The van der Waals surface area contributed by atoms with Crippen LogP contribution in [0.2, 0.25) is 0 Å². The Morgan fingerprint density at radius 3 is 1.56 bits per heavy atom. The Labute approximate surface area is 200 Å². The van der Waals surface area contributed by atoms with Crippen LogP contribution in [0.15, 0.2) is 0 Å². The maximum absolute atomic E-state index is 11.9. The molecule has 0 amide bonds.